The second-order valence-corrected chi connectivity index (χ2v) is 9.56. The molecule has 3 rings (SSSR count). The lowest BCUT2D eigenvalue weighted by Crippen LogP contribution is -2.46. The summed E-state index contributed by atoms with van der Waals surface area (Å²) in [5.74, 6) is -1.93. The van der Waals surface area contributed by atoms with Gasteiger partial charge in [0.2, 0.25) is 0 Å². The Hall–Kier alpha value is -3.62. The van der Waals surface area contributed by atoms with Crippen LogP contribution in [0.4, 0.5) is 8.78 Å². The van der Waals surface area contributed by atoms with Gasteiger partial charge in [0.1, 0.15) is 17.7 Å². The van der Waals surface area contributed by atoms with Crippen molar-refractivity contribution in [3.05, 3.63) is 107 Å². The molecule has 4 N–H and O–H groups in total. The Balaban J connectivity index is 1.51. The summed E-state index contributed by atoms with van der Waals surface area (Å²) in [6.45, 7) is 3.37. The van der Waals surface area contributed by atoms with Crippen molar-refractivity contribution < 1.29 is 23.1 Å². The summed E-state index contributed by atoms with van der Waals surface area (Å²) in [7, 11) is 0. The maximum absolute atomic E-state index is 13.7. The van der Waals surface area contributed by atoms with Crippen LogP contribution in [0, 0.1) is 11.6 Å². The highest BCUT2D eigenvalue weighted by Crippen LogP contribution is 2.13. The Morgan fingerprint density at radius 2 is 1.62 bits per heavy atom. The fraction of sp³-hybridized carbons (Fsp3) is 0.355. The molecule has 2 unspecified atom stereocenters. The van der Waals surface area contributed by atoms with Gasteiger partial charge in [0, 0.05) is 43.7 Å². The van der Waals surface area contributed by atoms with Gasteiger partial charge in [-0.25, -0.2) is 8.78 Å². The van der Waals surface area contributed by atoms with Crippen molar-refractivity contribution in [3.63, 3.8) is 0 Å². The molecule has 1 amide bonds. The van der Waals surface area contributed by atoms with Gasteiger partial charge >= 0.3 is 5.97 Å². The number of unbranched alkanes of at least 4 members (excludes halogenated alkanes) is 1. The number of benzene rings is 3. The fourth-order valence-electron chi connectivity index (χ4n) is 4.25. The van der Waals surface area contributed by atoms with Crippen LogP contribution in [0.1, 0.15) is 53.2 Å². The van der Waals surface area contributed by atoms with Crippen molar-refractivity contribution in [1.29, 1.82) is 0 Å². The van der Waals surface area contributed by atoms with Crippen molar-refractivity contribution in [3.8, 4) is 0 Å². The molecule has 0 aromatic heterocycles. The van der Waals surface area contributed by atoms with Crippen LogP contribution in [-0.2, 0) is 28.9 Å². The minimum atomic E-state index is -0.698. The standard InChI is InChI=1S/C31H37F2N3O3/c1-2-22-9-8-10-23(15-22)20-35-21-29(28(34)18-24-16-26(32)19-27(33)17-24)39-30(37)13-6-7-14-36-31(38)25-11-4-3-5-12-25/h3-5,8-12,15-17,19,28-29,35H,2,6-7,13-14,18,20-21,34H2,1H3,(H,36,38). The molecule has 0 saturated carbocycles. The van der Waals surface area contributed by atoms with Crippen LogP contribution >= 0.6 is 0 Å². The van der Waals surface area contributed by atoms with Gasteiger partial charge in [-0.3, -0.25) is 9.59 Å². The van der Waals surface area contributed by atoms with Gasteiger partial charge in [0.15, 0.2) is 0 Å². The normalized spacial score (nSPS) is 12.5. The van der Waals surface area contributed by atoms with Crippen LogP contribution in [-0.4, -0.2) is 37.1 Å². The molecule has 39 heavy (non-hydrogen) atoms. The smallest absolute Gasteiger partial charge is 0.306 e. The Kier molecular flexibility index (Phi) is 12.1. The number of hydrogen-bond donors (Lipinski definition) is 3. The summed E-state index contributed by atoms with van der Waals surface area (Å²) in [4.78, 5) is 24.8. The third-order valence-electron chi connectivity index (χ3n) is 6.36. The average Bonchev–Trinajstić information content (AvgIpc) is 2.92. The highest BCUT2D eigenvalue weighted by molar-refractivity contribution is 5.94. The molecular formula is C31H37F2N3O3. The number of ether oxygens (including phenoxy) is 1. The molecule has 0 aliphatic carbocycles. The van der Waals surface area contributed by atoms with Gasteiger partial charge in [-0.2, -0.15) is 0 Å². The van der Waals surface area contributed by atoms with Crippen LogP contribution in [0.25, 0.3) is 0 Å². The number of rotatable bonds is 15. The molecule has 6 nitrogen and oxygen atoms in total. The van der Waals surface area contributed by atoms with Crippen LogP contribution < -0.4 is 16.4 Å². The maximum atomic E-state index is 13.7. The van der Waals surface area contributed by atoms with Crippen molar-refractivity contribution in [2.75, 3.05) is 13.1 Å². The zero-order chi connectivity index (χ0) is 28.0. The van der Waals surface area contributed by atoms with Crippen LogP contribution in [0.15, 0.2) is 72.8 Å². The van der Waals surface area contributed by atoms with Crippen LogP contribution in [0.3, 0.4) is 0 Å². The zero-order valence-corrected chi connectivity index (χ0v) is 22.3. The van der Waals surface area contributed by atoms with E-state index in [1.54, 1.807) is 24.3 Å². The Bertz CT molecular complexity index is 1190. The lowest BCUT2D eigenvalue weighted by Gasteiger charge is -2.25. The van der Waals surface area contributed by atoms with Crippen molar-refractivity contribution in [1.82, 2.24) is 10.6 Å². The molecule has 8 heteroatoms. The second kappa shape index (κ2) is 15.7. The molecule has 0 aliphatic heterocycles. The molecule has 0 fully saturated rings. The van der Waals surface area contributed by atoms with Crippen LogP contribution in [0.5, 0.6) is 0 Å². The number of carbonyl (C=O) groups is 2. The number of aryl methyl sites for hydroxylation is 1. The number of halogens is 2. The second-order valence-electron chi connectivity index (χ2n) is 9.56. The zero-order valence-electron chi connectivity index (χ0n) is 22.3. The third-order valence-corrected chi connectivity index (χ3v) is 6.36. The minimum absolute atomic E-state index is 0.144. The van der Waals surface area contributed by atoms with E-state index in [9.17, 15) is 18.4 Å². The van der Waals surface area contributed by atoms with E-state index in [1.165, 1.54) is 17.7 Å². The van der Waals surface area contributed by atoms with E-state index in [-0.39, 0.29) is 25.3 Å². The molecule has 0 aliphatic rings. The van der Waals surface area contributed by atoms with E-state index in [0.29, 0.717) is 37.1 Å². The van der Waals surface area contributed by atoms with Gasteiger partial charge in [0.25, 0.3) is 5.91 Å². The van der Waals surface area contributed by atoms with E-state index < -0.39 is 29.7 Å². The number of amides is 1. The molecule has 3 aromatic rings. The Morgan fingerprint density at radius 3 is 2.33 bits per heavy atom. The Labute approximate surface area is 228 Å². The molecular weight excluding hydrogens is 500 g/mol. The van der Waals surface area contributed by atoms with Gasteiger partial charge < -0.3 is 21.1 Å². The van der Waals surface area contributed by atoms with E-state index in [1.807, 2.05) is 18.2 Å². The van der Waals surface area contributed by atoms with Crippen molar-refractivity contribution in [2.45, 2.75) is 57.7 Å². The number of hydrogen-bond acceptors (Lipinski definition) is 5. The Morgan fingerprint density at radius 1 is 0.897 bits per heavy atom. The van der Waals surface area contributed by atoms with Gasteiger partial charge in [-0.1, -0.05) is 49.4 Å². The predicted molar refractivity (Wildman–Crippen MR) is 148 cm³/mol. The minimum Gasteiger partial charge on any atom is -0.459 e. The molecule has 208 valence electrons. The van der Waals surface area contributed by atoms with E-state index in [4.69, 9.17) is 10.5 Å². The highest BCUT2D eigenvalue weighted by Gasteiger charge is 2.23. The predicted octanol–water partition coefficient (Wildman–Crippen LogP) is 4.70. The lowest BCUT2D eigenvalue weighted by molar-refractivity contribution is -0.150. The summed E-state index contributed by atoms with van der Waals surface area (Å²) < 4.78 is 33.1. The molecule has 0 bridgehead atoms. The third kappa shape index (κ3) is 10.6. The molecule has 0 radical (unpaired) electrons. The highest BCUT2D eigenvalue weighted by atomic mass is 19.1. The molecule has 0 heterocycles. The monoisotopic (exact) mass is 537 g/mol. The summed E-state index contributed by atoms with van der Waals surface area (Å²) in [6.07, 6.45) is 1.68. The van der Waals surface area contributed by atoms with Gasteiger partial charge in [0.05, 0.1) is 0 Å². The topological polar surface area (TPSA) is 93.5 Å². The first kappa shape index (κ1) is 29.9. The van der Waals surface area contributed by atoms with Gasteiger partial charge in [-0.15, -0.1) is 0 Å². The quantitative estimate of drug-likeness (QED) is 0.193. The number of nitrogens with one attached hydrogen (secondary N) is 2. The largest absolute Gasteiger partial charge is 0.459 e. The van der Waals surface area contributed by atoms with Crippen molar-refractivity contribution >= 4 is 11.9 Å². The average molecular weight is 538 g/mol. The molecule has 0 saturated heterocycles. The van der Waals surface area contributed by atoms with E-state index in [0.717, 1.165) is 18.1 Å². The van der Waals surface area contributed by atoms with E-state index in [2.05, 4.69) is 29.7 Å². The van der Waals surface area contributed by atoms with Gasteiger partial charge in [-0.05, 0) is 66.6 Å². The molecule has 3 aromatic carbocycles. The lowest BCUT2D eigenvalue weighted by atomic mass is 10.0. The maximum Gasteiger partial charge on any atom is 0.306 e. The first-order valence-corrected chi connectivity index (χ1v) is 13.4. The first-order chi connectivity index (χ1) is 18.8. The van der Waals surface area contributed by atoms with Crippen molar-refractivity contribution in [2.24, 2.45) is 5.73 Å². The van der Waals surface area contributed by atoms with Crippen LogP contribution in [0.2, 0.25) is 0 Å². The SMILES string of the molecule is CCc1cccc(CNCC(OC(=O)CCCCNC(=O)c2ccccc2)C(N)Cc2cc(F)cc(F)c2)c1. The summed E-state index contributed by atoms with van der Waals surface area (Å²) in [6, 6.07) is 19.7. The molecule has 0 spiro atoms. The molecule has 2 atom stereocenters. The summed E-state index contributed by atoms with van der Waals surface area (Å²) >= 11 is 0. The number of carbonyl (C=O) groups excluding carboxylic acids is 2. The fourth-order valence-corrected chi connectivity index (χ4v) is 4.25. The summed E-state index contributed by atoms with van der Waals surface area (Å²) in [5, 5.41) is 6.14. The first-order valence-electron chi connectivity index (χ1n) is 13.4. The number of nitrogens with two attached hydrogens (primary N) is 1. The summed E-state index contributed by atoms with van der Waals surface area (Å²) in [5.41, 5.74) is 9.68. The number of esters is 1. The van der Waals surface area contributed by atoms with E-state index >= 15 is 0 Å².